The topological polar surface area (TPSA) is 54.6 Å². The normalized spacial score (nSPS) is 20.7. The van der Waals surface area contributed by atoms with E-state index in [2.05, 4.69) is 17.5 Å². The first-order valence-corrected chi connectivity index (χ1v) is 7.20. The van der Waals surface area contributed by atoms with Crippen molar-refractivity contribution >= 4 is 23.7 Å². The SMILES string of the molecule is C[C@H]1C[C@@H]1c1ccc(/C=N\NC(=O)c2ccccc2Cl)o1. The maximum absolute atomic E-state index is 11.9. The van der Waals surface area contributed by atoms with Crippen LogP contribution in [0.5, 0.6) is 0 Å². The molecular weight excluding hydrogens is 288 g/mol. The minimum atomic E-state index is -0.348. The first kappa shape index (κ1) is 13.9. The lowest BCUT2D eigenvalue weighted by Crippen LogP contribution is -2.17. The number of hydrogen-bond donors (Lipinski definition) is 1. The molecule has 21 heavy (non-hydrogen) atoms. The molecule has 1 saturated carbocycles. The van der Waals surface area contributed by atoms with Crippen LogP contribution in [0.25, 0.3) is 0 Å². The van der Waals surface area contributed by atoms with E-state index >= 15 is 0 Å². The van der Waals surface area contributed by atoms with Crippen molar-refractivity contribution in [2.24, 2.45) is 11.0 Å². The van der Waals surface area contributed by atoms with Crippen molar-refractivity contribution in [2.75, 3.05) is 0 Å². The summed E-state index contributed by atoms with van der Waals surface area (Å²) in [6.45, 7) is 2.20. The van der Waals surface area contributed by atoms with Gasteiger partial charge in [0.2, 0.25) is 0 Å². The van der Waals surface area contributed by atoms with Crippen LogP contribution in [0.4, 0.5) is 0 Å². The third kappa shape index (κ3) is 3.16. The Balaban J connectivity index is 1.61. The molecule has 2 aromatic rings. The van der Waals surface area contributed by atoms with Crippen molar-refractivity contribution < 1.29 is 9.21 Å². The lowest BCUT2D eigenvalue weighted by Gasteiger charge is -2.01. The molecule has 1 N–H and O–H groups in total. The monoisotopic (exact) mass is 302 g/mol. The maximum atomic E-state index is 11.9. The Kier molecular flexibility index (Phi) is 3.80. The van der Waals surface area contributed by atoms with Gasteiger partial charge in [0.05, 0.1) is 16.8 Å². The highest BCUT2D eigenvalue weighted by Gasteiger charge is 2.36. The van der Waals surface area contributed by atoms with Gasteiger partial charge in [-0.25, -0.2) is 5.43 Å². The van der Waals surface area contributed by atoms with Gasteiger partial charge in [-0.05, 0) is 36.6 Å². The smallest absolute Gasteiger partial charge is 0.272 e. The number of nitrogens with zero attached hydrogens (tertiary/aromatic N) is 1. The first-order chi connectivity index (χ1) is 10.1. The molecule has 1 aromatic heterocycles. The number of carbonyl (C=O) groups excluding carboxylic acids is 1. The van der Waals surface area contributed by atoms with Gasteiger partial charge in [-0.1, -0.05) is 30.7 Å². The van der Waals surface area contributed by atoms with Crippen LogP contribution in [0.2, 0.25) is 5.02 Å². The lowest BCUT2D eigenvalue weighted by molar-refractivity contribution is 0.0955. The van der Waals surface area contributed by atoms with Crippen molar-refractivity contribution in [3.63, 3.8) is 0 Å². The Morgan fingerprint density at radius 2 is 2.14 bits per heavy atom. The van der Waals surface area contributed by atoms with E-state index in [1.165, 1.54) is 12.6 Å². The van der Waals surface area contributed by atoms with Crippen molar-refractivity contribution in [3.8, 4) is 0 Å². The van der Waals surface area contributed by atoms with E-state index in [-0.39, 0.29) is 5.91 Å². The van der Waals surface area contributed by atoms with Crippen LogP contribution in [-0.2, 0) is 0 Å². The largest absolute Gasteiger partial charge is 0.460 e. The fourth-order valence-corrected chi connectivity index (χ4v) is 2.44. The number of hydrogen-bond acceptors (Lipinski definition) is 3. The summed E-state index contributed by atoms with van der Waals surface area (Å²) in [6.07, 6.45) is 2.67. The summed E-state index contributed by atoms with van der Waals surface area (Å²) < 4.78 is 5.66. The summed E-state index contributed by atoms with van der Waals surface area (Å²) in [5, 5.41) is 4.29. The fraction of sp³-hybridized carbons (Fsp3) is 0.250. The van der Waals surface area contributed by atoms with Gasteiger partial charge >= 0.3 is 0 Å². The number of hydrazone groups is 1. The Bertz CT molecular complexity index is 693. The summed E-state index contributed by atoms with van der Waals surface area (Å²) in [5.74, 6) is 2.50. The summed E-state index contributed by atoms with van der Waals surface area (Å²) in [6, 6.07) is 10.6. The molecule has 1 aromatic carbocycles. The third-order valence-corrected chi connectivity index (χ3v) is 3.93. The molecule has 5 heteroatoms. The van der Waals surface area contributed by atoms with Crippen LogP contribution >= 0.6 is 11.6 Å². The number of furan rings is 1. The molecule has 2 atom stereocenters. The molecule has 3 rings (SSSR count). The van der Waals surface area contributed by atoms with Gasteiger partial charge < -0.3 is 4.42 Å². The Morgan fingerprint density at radius 1 is 1.38 bits per heavy atom. The highest BCUT2D eigenvalue weighted by molar-refractivity contribution is 6.33. The van der Waals surface area contributed by atoms with Gasteiger partial charge in [0.25, 0.3) is 5.91 Å². The van der Waals surface area contributed by atoms with Crippen molar-refractivity contribution in [1.82, 2.24) is 5.43 Å². The number of benzene rings is 1. The molecule has 0 spiro atoms. The average molecular weight is 303 g/mol. The number of nitrogens with one attached hydrogen (secondary N) is 1. The second-order valence-electron chi connectivity index (χ2n) is 5.24. The zero-order valence-corrected chi connectivity index (χ0v) is 12.3. The Hall–Kier alpha value is -2.07. The lowest BCUT2D eigenvalue weighted by atomic mass is 10.2. The zero-order chi connectivity index (χ0) is 14.8. The minimum absolute atomic E-state index is 0.348. The van der Waals surface area contributed by atoms with Crippen molar-refractivity contribution in [2.45, 2.75) is 19.3 Å². The molecular formula is C16H15ClN2O2. The van der Waals surface area contributed by atoms with E-state index < -0.39 is 0 Å². The molecule has 1 amide bonds. The highest BCUT2D eigenvalue weighted by Crippen LogP contribution is 2.47. The zero-order valence-electron chi connectivity index (χ0n) is 11.5. The van der Waals surface area contributed by atoms with Crippen molar-refractivity contribution in [1.29, 1.82) is 0 Å². The van der Waals surface area contributed by atoms with E-state index in [1.54, 1.807) is 24.3 Å². The van der Waals surface area contributed by atoms with Crippen molar-refractivity contribution in [3.05, 3.63) is 58.5 Å². The maximum Gasteiger partial charge on any atom is 0.272 e. The van der Waals surface area contributed by atoms with E-state index in [0.717, 1.165) is 5.76 Å². The van der Waals surface area contributed by atoms with Gasteiger partial charge in [-0.2, -0.15) is 5.10 Å². The molecule has 108 valence electrons. The number of rotatable bonds is 4. The van der Waals surface area contributed by atoms with Gasteiger partial charge in [0.1, 0.15) is 11.5 Å². The molecule has 1 aliphatic carbocycles. The molecule has 1 fully saturated rings. The predicted molar refractivity (Wildman–Crippen MR) is 81.7 cm³/mol. The van der Waals surface area contributed by atoms with Gasteiger partial charge in [-0.15, -0.1) is 0 Å². The van der Waals surface area contributed by atoms with Gasteiger partial charge in [-0.3, -0.25) is 4.79 Å². The second kappa shape index (κ2) is 5.74. The number of carbonyl (C=O) groups is 1. The molecule has 0 unspecified atom stereocenters. The van der Waals surface area contributed by atoms with Gasteiger partial charge in [0.15, 0.2) is 0 Å². The molecule has 4 nitrogen and oxygen atoms in total. The van der Waals surface area contributed by atoms with E-state index in [9.17, 15) is 4.79 Å². The molecule has 1 heterocycles. The predicted octanol–water partition coefficient (Wildman–Crippen LogP) is 3.82. The van der Waals surface area contributed by atoms with Crippen LogP contribution < -0.4 is 5.43 Å². The van der Waals surface area contributed by atoms with E-state index in [4.69, 9.17) is 16.0 Å². The summed E-state index contributed by atoms with van der Waals surface area (Å²) in [4.78, 5) is 11.9. The summed E-state index contributed by atoms with van der Waals surface area (Å²) in [5.41, 5.74) is 2.83. The van der Waals surface area contributed by atoms with Gasteiger partial charge in [0, 0.05) is 5.92 Å². The van der Waals surface area contributed by atoms with E-state index in [0.29, 0.717) is 28.2 Å². The van der Waals surface area contributed by atoms with Crippen LogP contribution in [0.15, 0.2) is 45.9 Å². The van der Waals surface area contributed by atoms with E-state index in [1.807, 2.05) is 12.1 Å². The Morgan fingerprint density at radius 3 is 2.86 bits per heavy atom. The van der Waals surface area contributed by atoms with Crippen LogP contribution in [0.1, 0.15) is 41.1 Å². The van der Waals surface area contributed by atoms with Crippen LogP contribution in [0, 0.1) is 5.92 Å². The van der Waals surface area contributed by atoms with Crippen LogP contribution in [-0.4, -0.2) is 12.1 Å². The molecule has 0 aliphatic heterocycles. The number of halogens is 1. The molecule has 0 radical (unpaired) electrons. The molecule has 0 saturated heterocycles. The standard InChI is InChI=1S/C16H15ClN2O2/c1-10-8-13(10)15-7-6-11(21-15)9-18-19-16(20)12-4-2-3-5-14(12)17/h2-7,9-10,13H,8H2,1H3,(H,19,20)/b18-9-/t10-,13-/m0/s1. The first-order valence-electron chi connectivity index (χ1n) is 6.83. The molecule has 0 bridgehead atoms. The Labute approximate surface area is 127 Å². The molecule has 1 aliphatic rings. The minimum Gasteiger partial charge on any atom is -0.460 e. The second-order valence-corrected chi connectivity index (χ2v) is 5.65. The third-order valence-electron chi connectivity index (χ3n) is 3.60. The quantitative estimate of drug-likeness (QED) is 0.689. The van der Waals surface area contributed by atoms with Crippen LogP contribution in [0.3, 0.4) is 0 Å². The highest BCUT2D eigenvalue weighted by atomic mass is 35.5. The number of amides is 1. The average Bonchev–Trinajstić information content (AvgIpc) is 3.01. The summed E-state index contributed by atoms with van der Waals surface area (Å²) in [7, 11) is 0. The fourth-order valence-electron chi connectivity index (χ4n) is 2.22. The summed E-state index contributed by atoms with van der Waals surface area (Å²) >= 11 is 5.94.